The molecule has 2 N–H and O–H groups in total. The van der Waals surface area contributed by atoms with Crippen molar-refractivity contribution in [2.24, 2.45) is 0 Å². The summed E-state index contributed by atoms with van der Waals surface area (Å²) < 4.78 is 0. The highest BCUT2D eigenvalue weighted by molar-refractivity contribution is 5.94. The zero-order valence-electron chi connectivity index (χ0n) is 11.5. The van der Waals surface area contributed by atoms with Crippen LogP contribution in [0, 0.1) is 10.1 Å². The van der Waals surface area contributed by atoms with Crippen LogP contribution in [-0.4, -0.2) is 27.7 Å². The van der Waals surface area contributed by atoms with Crippen LogP contribution in [0.25, 0.3) is 0 Å². The van der Waals surface area contributed by atoms with Gasteiger partial charge < -0.3 is 10.6 Å². The molecule has 2 aromatic rings. The van der Waals surface area contributed by atoms with Gasteiger partial charge in [-0.2, -0.15) is 0 Å². The molecule has 1 aromatic heterocycles. The molecule has 0 aliphatic heterocycles. The number of nitrogens with one attached hydrogen (secondary N) is 2. The zero-order valence-corrected chi connectivity index (χ0v) is 11.5. The number of carbonyl (C=O) groups excluding carboxylic acids is 1. The van der Waals surface area contributed by atoms with E-state index in [2.05, 4.69) is 20.6 Å². The van der Waals surface area contributed by atoms with Crippen molar-refractivity contribution in [2.45, 2.75) is 6.92 Å². The third-order valence-corrected chi connectivity index (χ3v) is 2.80. The molecule has 0 atom stereocenters. The molecule has 0 aliphatic rings. The SMILES string of the molecule is CNc1ncnc(Nc2ccc(C(C)=O)cc2)c1[N+](=O)[O-]. The molecule has 0 unspecified atom stereocenters. The smallest absolute Gasteiger partial charge is 0.353 e. The summed E-state index contributed by atoms with van der Waals surface area (Å²) in [5.41, 5.74) is 0.910. The van der Waals surface area contributed by atoms with Crippen LogP contribution >= 0.6 is 0 Å². The van der Waals surface area contributed by atoms with Crippen molar-refractivity contribution in [2.75, 3.05) is 17.7 Å². The fourth-order valence-corrected chi connectivity index (χ4v) is 1.75. The van der Waals surface area contributed by atoms with Crippen LogP contribution in [0.2, 0.25) is 0 Å². The van der Waals surface area contributed by atoms with Gasteiger partial charge in [0.05, 0.1) is 4.92 Å². The molecule has 0 radical (unpaired) electrons. The molecular weight excluding hydrogens is 274 g/mol. The van der Waals surface area contributed by atoms with Crippen LogP contribution < -0.4 is 10.6 Å². The number of hydrogen-bond acceptors (Lipinski definition) is 7. The zero-order chi connectivity index (χ0) is 15.4. The molecule has 21 heavy (non-hydrogen) atoms. The van der Waals surface area contributed by atoms with Gasteiger partial charge in [-0.05, 0) is 31.2 Å². The fraction of sp³-hybridized carbons (Fsp3) is 0.154. The molecule has 1 aromatic carbocycles. The Labute approximate surface area is 120 Å². The van der Waals surface area contributed by atoms with Crippen LogP contribution in [0.5, 0.6) is 0 Å². The van der Waals surface area contributed by atoms with E-state index in [9.17, 15) is 14.9 Å². The lowest BCUT2D eigenvalue weighted by molar-refractivity contribution is -0.383. The molecule has 0 fully saturated rings. The third kappa shape index (κ3) is 3.11. The highest BCUT2D eigenvalue weighted by atomic mass is 16.6. The summed E-state index contributed by atoms with van der Waals surface area (Å²) in [4.78, 5) is 29.5. The number of aromatic nitrogens is 2. The van der Waals surface area contributed by atoms with Crippen LogP contribution in [0.4, 0.5) is 23.0 Å². The van der Waals surface area contributed by atoms with E-state index in [-0.39, 0.29) is 23.1 Å². The molecule has 8 nitrogen and oxygen atoms in total. The quantitative estimate of drug-likeness (QED) is 0.493. The molecule has 1 heterocycles. The second-order valence-corrected chi connectivity index (χ2v) is 4.19. The maximum atomic E-state index is 11.2. The summed E-state index contributed by atoms with van der Waals surface area (Å²) in [6, 6.07) is 6.58. The first kappa shape index (κ1) is 14.4. The number of benzene rings is 1. The number of anilines is 3. The first-order chi connectivity index (χ1) is 10.0. The lowest BCUT2D eigenvalue weighted by Gasteiger charge is -2.08. The van der Waals surface area contributed by atoms with Crippen molar-refractivity contribution in [3.05, 3.63) is 46.3 Å². The predicted octanol–water partition coefficient (Wildman–Crippen LogP) is 2.37. The van der Waals surface area contributed by atoms with E-state index >= 15 is 0 Å². The van der Waals surface area contributed by atoms with Gasteiger partial charge in [-0.15, -0.1) is 0 Å². The number of rotatable bonds is 5. The molecule has 2 rings (SSSR count). The van der Waals surface area contributed by atoms with E-state index in [1.807, 2.05) is 0 Å². The van der Waals surface area contributed by atoms with Crippen LogP contribution in [0.1, 0.15) is 17.3 Å². The Kier molecular flexibility index (Phi) is 4.07. The number of nitro groups is 1. The minimum absolute atomic E-state index is 0.0490. The van der Waals surface area contributed by atoms with Gasteiger partial charge >= 0.3 is 5.69 Å². The maximum Gasteiger partial charge on any atom is 0.353 e. The van der Waals surface area contributed by atoms with Gasteiger partial charge in [0.15, 0.2) is 5.78 Å². The Bertz CT molecular complexity index is 685. The van der Waals surface area contributed by atoms with Crippen molar-refractivity contribution in [3.63, 3.8) is 0 Å². The van der Waals surface area contributed by atoms with E-state index in [0.29, 0.717) is 11.3 Å². The number of nitrogens with zero attached hydrogens (tertiary/aromatic N) is 3. The van der Waals surface area contributed by atoms with Gasteiger partial charge in [0.25, 0.3) is 0 Å². The van der Waals surface area contributed by atoms with E-state index in [1.54, 1.807) is 31.3 Å². The average molecular weight is 287 g/mol. The van der Waals surface area contributed by atoms with Gasteiger partial charge in [0, 0.05) is 18.3 Å². The Hall–Kier alpha value is -3.03. The Morgan fingerprint density at radius 3 is 2.33 bits per heavy atom. The van der Waals surface area contributed by atoms with Gasteiger partial charge in [-0.25, -0.2) is 9.97 Å². The van der Waals surface area contributed by atoms with Gasteiger partial charge in [0.2, 0.25) is 11.6 Å². The molecule has 0 saturated heterocycles. The largest absolute Gasteiger partial charge is 0.367 e. The number of carbonyl (C=O) groups is 1. The summed E-state index contributed by atoms with van der Waals surface area (Å²) in [7, 11) is 1.54. The fourth-order valence-electron chi connectivity index (χ4n) is 1.75. The van der Waals surface area contributed by atoms with Crippen molar-refractivity contribution in [3.8, 4) is 0 Å². The molecule has 0 saturated carbocycles. The maximum absolute atomic E-state index is 11.2. The minimum atomic E-state index is -0.557. The van der Waals surface area contributed by atoms with Crippen LogP contribution in [0.15, 0.2) is 30.6 Å². The second kappa shape index (κ2) is 5.95. The Morgan fingerprint density at radius 1 is 1.19 bits per heavy atom. The molecule has 0 amide bonds. The van der Waals surface area contributed by atoms with Crippen LogP contribution in [0.3, 0.4) is 0 Å². The van der Waals surface area contributed by atoms with Crippen molar-refractivity contribution in [1.29, 1.82) is 0 Å². The summed E-state index contributed by atoms with van der Waals surface area (Å²) in [5, 5.41) is 16.6. The summed E-state index contributed by atoms with van der Waals surface area (Å²) in [6.07, 6.45) is 1.23. The summed E-state index contributed by atoms with van der Waals surface area (Å²) in [5.74, 6) is 0.153. The number of hydrogen-bond donors (Lipinski definition) is 2. The Balaban J connectivity index is 2.35. The Morgan fingerprint density at radius 2 is 1.81 bits per heavy atom. The van der Waals surface area contributed by atoms with E-state index < -0.39 is 4.92 Å². The first-order valence-corrected chi connectivity index (χ1v) is 6.08. The van der Waals surface area contributed by atoms with Crippen molar-refractivity contribution < 1.29 is 9.72 Å². The molecule has 0 bridgehead atoms. The van der Waals surface area contributed by atoms with E-state index in [1.165, 1.54) is 13.3 Å². The highest BCUT2D eigenvalue weighted by Crippen LogP contribution is 2.30. The number of Topliss-reactive ketones (excluding diaryl/α,β-unsaturated/α-hetero) is 1. The van der Waals surface area contributed by atoms with Gasteiger partial charge in [-0.1, -0.05) is 0 Å². The molecule has 108 valence electrons. The minimum Gasteiger partial charge on any atom is -0.367 e. The molecule has 8 heteroatoms. The molecule has 0 spiro atoms. The van der Waals surface area contributed by atoms with Gasteiger partial charge in [-0.3, -0.25) is 14.9 Å². The standard InChI is InChI=1S/C13H13N5O3/c1-8(19)9-3-5-10(6-4-9)17-13-11(18(20)21)12(14-2)15-7-16-13/h3-7H,1-2H3,(H2,14,15,16,17). The summed E-state index contributed by atoms with van der Waals surface area (Å²) in [6.45, 7) is 1.47. The van der Waals surface area contributed by atoms with E-state index in [0.717, 1.165) is 0 Å². The monoisotopic (exact) mass is 287 g/mol. The first-order valence-electron chi connectivity index (χ1n) is 6.08. The molecular formula is C13H13N5O3. The average Bonchev–Trinajstić information content (AvgIpc) is 2.47. The molecule has 0 aliphatic carbocycles. The lowest BCUT2D eigenvalue weighted by Crippen LogP contribution is -2.05. The normalized spacial score (nSPS) is 10.0. The summed E-state index contributed by atoms with van der Waals surface area (Å²) >= 11 is 0. The number of ketones is 1. The van der Waals surface area contributed by atoms with E-state index in [4.69, 9.17) is 0 Å². The van der Waals surface area contributed by atoms with Crippen molar-refractivity contribution >= 4 is 28.8 Å². The topological polar surface area (TPSA) is 110 Å². The second-order valence-electron chi connectivity index (χ2n) is 4.19. The lowest BCUT2D eigenvalue weighted by atomic mass is 10.1. The van der Waals surface area contributed by atoms with Crippen molar-refractivity contribution in [1.82, 2.24) is 9.97 Å². The highest BCUT2D eigenvalue weighted by Gasteiger charge is 2.22. The van der Waals surface area contributed by atoms with Crippen LogP contribution in [-0.2, 0) is 0 Å². The third-order valence-electron chi connectivity index (χ3n) is 2.80. The predicted molar refractivity (Wildman–Crippen MR) is 78.0 cm³/mol. The van der Waals surface area contributed by atoms with Gasteiger partial charge in [0.1, 0.15) is 6.33 Å².